The standard InChI is InChI=1S/C19H22N2O2S/c22-19(9-8-17-7-4-14-24-17)20-18(16-5-2-1-3-6-16)15-21-10-12-23-13-11-21/h1-9,14,18H,10-13,15H2,(H,20,22)/p+1/b9-8+/t18-/m0/s1. The molecule has 0 saturated carbocycles. The number of nitrogens with one attached hydrogen (secondary N) is 2. The highest BCUT2D eigenvalue weighted by atomic mass is 32.1. The number of hydrogen-bond donors (Lipinski definition) is 2. The van der Waals surface area contributed by atoms with Crippen LogP contribution in [0.15, 0.2) is 53.9 Å². The molecule has 0 bridgehead atoms. The topological polar surface area (TPSA) is 42.8 Å². The van der Waals surface area contributed by atoms with Gasteiger partial charge in [0, 0.05) is 11.0 Å². The minimum Gasteiger partial charge on any atom is -0.370 e. The van der Waals surface area contributed by atoms with Crippen molar-refractivity contribution in [1.29, 1.82) is 0 Å². The molecule has 1 aliphatic rings. The summed E-state index contributed by atoms with van der Waals surface area (Å²) < 4.78 is 5.43. The lowest BCUT2D eigenvalue weighted by Crippen LogP contribution is -3.14. The molecule has 2 N–H and O–H groups in total. The fourth-order valence-corrected chi connectivity index (χ4v) is 3.47. The van der Waals surface area contributed by atoms with Crippen LogP contribution in [0.25, 0.3) is 6.08 Å². The van der Waals surface area contributed by atoms with Gasteiger partial charge in [-0.2, -0.15) is 0 Å². The number of quaternary nitrogens is 1. The highest BCUT2D eigenvalue weighted by Gasteiger charge is 2.22. The van der Waals surface area contributed by atoms with E-state index in [1.807, 2.05) is 41.8 Å². The highest BCUT2D eigenvalue weighted by molar-refractivity contribution is 7.10. The van der Waals surface area contributed by atoms with Crippen LogP contribution >= 0.6 is 11.3 Å². The predicted molar refractivity (Wildman–Crippen MR) is 97.1 cm³/mol. The first-order valence-electron chi connectivity index (χ1n) is 8.29. The zero-order valence-electron chi connectivity index (χ0n) is 13.6. The quantitative estimate of drug-likeness (QED) is 0.782. The molecule has 5 heteroatoms. The third-order valence-corrected chi connectivity index (χ3v) is 4.99. The largest absolute Gasteiger partial charge is 0.370 e. The van der Waals surface area contributed by atoms with E-state index in [0.29, 0.717) is 0 Å². The van der Waals surface area contributed by atoms with Gasteiger partial charge in [-0.25, -0.2) is 0 Å². The Balaban J connectivity index is 1.66. The van der Waals surface area contributed by atoms with Crippen LogP contribution in [0.4, 0.5) is 0 Å². The van der Waals surface area contributed by atoms with E-state index in [1.54, 1.807) is 17.4 Å². The maximum atomic E-state index is 12.3. The van der Waals surface area contributed by atoms with Gasteiger partial charge in [0.1, 0.15) is 25.7 Å². The van der Waals surface area contributed by atoms with Gasteiger partial charge >= 0.3 is 0 Å². The molecule has 1 fully saturated rings. The Labute approximate surface area is 146 Å². The zero-order valence-corrected chi connectivity index (χ0v) is 14.4. The Morgan fingerprint density at radius 2 is 2.00 bits per heavy atom. The number of thiophene rings is 1. The SMILES string of the molecule is O=C(/C=C/c1cccs1)N[C@@H](C[NH+]1CCOCC1)c1ccccc1. The van der Waals surface area contributed by atoms with E-state index in [0.717, 1.165) is 43.3 Å². The number of rotatable bonds is 6. The minimum atomic E-state index is -0.0510. The summed E-state index contributed by atoms with van der Waals surface area (Å²) in [5, 5.41) is 5.17. The monoisotopic (exact) mass is 343 g/mol. The van der Waals surface area contributed by atoms with Crippen LogP contribution in [0.1, 0.15) is 16.5 Å². The summed E-state index contributed by atoms with van der Waals surface area (Å²) in [6, 6.07) is 14.2. The van der Waals surface area contributed by atoms with Crippen molar-refractivity contribution >= 4 is 23.3 Å². The Bertz CT molecular complexity index is 649. The maximum Gasteiger partial charge on any atom is 0.244 e. The summed E-state index contributed by atoms with van der Waals surface area (Å²) in [5.74, 6) is -0.0510. The highest BCUT2D eigenvalue weighted by Crippen LogP contribution is 2.12. The van der Waals surface area contributed by atoms with Crippen LogP contribution < -0.4 is 10.2 Å². The number of ether oxygens (including phenoxy) is 1. The normalized spacial score (nSPS) is 17.0. The van der Waals surface area contributed by atoms with E-state index in [2.05, 4.69) is 17.4 Å². The van der Waals surface area contributed by atoms with Crippen LogP contribution in [0, 0.1) is 0 Å². The Morgan fingerprint density at radius 3 is 2.71 bits per heavy atom. The van der Waals surface area contributed by atoms with Crippen LogP contribution in [0.3, 0.4) is 0 Å². The lowest BCUT2D eigenvalue weighted by atomic mass is 10.1. The number of carbonyl (C=O) groups excluding carboxylic acids is 1. The van der Waals surface area contributed by atoms with Gasteiger partial charge in [0.25, 0.3) is 0 Å². The van der Waals surface area contributed by atoms with E-state index in [1.165, 1.54) is 4.90 Å². The zero-order chi connectivity index (χ0) is 16.6. The van der Waals surface area contributed by atoms with Crippen molar-refractivity contribution in [1.82, 2.24) is 5.32 Å². The van der Waals surface area contributed by atoms with Crippen molar-refractivity contribution in [3.63, 3.8) is 0 Å². The summed E-state index contributed by atoms with van der Waals surface area (Å²) in [6.45, 7) is 4.45. The fraction of sp³-hybridized carbons (Fsp3) is 0.316. The van der Waals surface area contributed by atoms with Crippen molar-refractivity contribution in [2.24, 2.45) is 0 Å². The molecule has 1 atom stereocenters. The first-order chi connectivity index (χ1) is 11.8. The van der Waals surface area contributed by atoms with Crippen molar-refractivity contribution in [3.8, 4) is 0 Å². The predicted octanol–water partition coefficient (Wildman–Crippen LogP) is 1.53. The third-order valence-electron chi connectivity index (χ3n) is 4.15. The van der Waals surface area contributed by atoms with Crippen molar-refractivity contribution in [2.45, 2.75) is 6.04 Å². The van der Waals surface area contributed by atoms with Gasteiger partial charge < -0.3 is 15.0 Å². The summed E-state index contributed by atoms with van der Waals surface area (Å²) in [5.41, 5.74) is 1.15. The average molecular weight is 343 g/mol. The van der Waals surface area contributed by atoms with Gasteiger partial charge in [0.05, 0.1) is 13.2 Å². The van der Waals surface area contributed by atoms with Gasteiger partial charge in [0.2, 0.25) is 5.91 Å². The molecule has 3 rings (SSSR count). The van der Waals surface area contributed by atoms with Crippen molar-refractivity contribution < 1.29 is 14.4 Å². The van der Waals surface area contributed by atoms with Gasteiger partial charge in [0.15, 0.2) is 0 Å². The number of hydrogen-bond acceptors (Lipinski definition) is 3. The summed E-state index contributed by atoms with van der Waals surface area (Å²) in [7, 11) is 0. The van der Waals surface area contributed by atoms with Gasteiger partial charge in [-0.1, -0.05) is 36.4 Å². The Kier molecular flexibility index (Phi) is 6.18. The molecule has 0 unspecified atom stereocenters. The fourth-order valence-electron chi connectivity index (χ4n) is 2.85. The van der Waals surface area contributed by atoms with E-state index in [-0.39, 0.29) is 11.9 Å². The van der Waals surface area contributed by atoms with Crippen LogP contribution in [-0.2, 0) is 9.53 Å². The summed E-state index contributed by atoms with van der Waals surface area (Å²) in [4.78, 5) is 14.9. The molecule has 0 spiro atoms. The van der Waals surface area contributed by atoms with Gasteiger partial charge in [-0.05, 0) is 23.1 Å². The van der Waals surface area contributed by atoms with Crippen LogP contribution in [-0.4, -0.2) is 38.8 Å². The molecule has 24 heavy (non-hydrogen) atoms. The molecule has 1 aromatic heterocycles. The molecule has 2 heterocycles. The first kappa shape index (κ1) is 16.9. The molecule has 4 nitrogen and oxygen atoms in total. The molecular formula is C19H23N2O2S+. The molecular weight excluding hydrogens is 320 g/mol. The summed E-state index contributed by atoms with van der Waals surface area (Å²) in [6.07, 6.45) is 3.49. The number of carbonyl (C=O) groups is 1. The van der Waals surface area contributed by atoms with Crippen molar-refractivity contribution in [2.75, 3.05) is 32.8 Å². The molecule has 1 saturated heterocycles. The van der Waals surface area contributed by atoms with Crippen molar-refractivity contribution in [3.05, 3.63) is 64.4 Å². The lowest BCUT2D eigenvalue weighted by Gasteiger charge is -2.28. The minimum absolute atomic E-state index is 0.0137. The van der Waals surface area contributed by atoms with E-state index in [4.69, 9.17) is 4.74 Å². The van der Waals surface area contributed by atoms with Crippen LogP contribution in [0.2, 0.25) is 0 Å². The second-order valence-corrected chi connectivity index (χ2v) is 6.87. The summed E-state index contributed by atoms with van der Waals surface area (Å²) >= 11 is 1.62. The molecule has 1 aliphatic heterocycles. The number of morpholine rings is 1. The molecule has 1 amide bonds. The third kappa shape index (κ3) is 5.03. The molecule has 1 aromatic carbocycles. The Hall–Kier alpha value is -1.95. The molecule has 2 aromatic rings. The van der Waals surface area contributed by atoms with E-state index >= 15 is 0 Å². The van der Waals surface area contributed by atoms with E-state index in [9.17, 15) is 4.79 Å². The lowest BCUT2D eigenvalue weighted by molar-refractivity contribution is -0.909. The van der Waals surface area contributed by atoms with Gasteiger partial charge in [-0.3, -0.25) is 4.79 Å². The number of benzene rings is 1. The van der Waals surface area contributed by atoms with Crippen LogP contribution in [0.5, 0.6) is 0 Å². The molecule has 0 aliphatic carbocycles. The van der Waals surface area contributed by atoms with Gasteiger partial charge in [-0.15, -0.1) is 11.3 Å². The maximum absolute atomic E-state index is 12.3. The molecule has 126 valence electrons. The smallest absolute Gasteiger partial charge is 0.244 e. The average Bonchev–Trinajstić information content (AvgIpc) is 3.15. The van der Waals surface area contributed by atoms with E-state index < -0.39 is 0 Å². The molecule has 0 radical (unpaired) electrons. The first-order valence-corrected chi connectivity index (χ1v) is 9.17. The second kappa shape index (κ2) is 8.78. The Morgan fingerprint density at radius 1 is 1.21 bits per heavy atom. The number of amides is 1. The second-order valence-electron chi connectivity index (χ2n) is 5.89.